The Hall–Kier alpha value is -0.340. The third-order valence-corrected chi connectivity index (χ3v) is 2.32. The molecule has 15 heavy (non-hydrogen) atoms. The average Bonchev–Trinajstić information content (AvgIpc) is 2.01. The zero-order chi connectivity index (χ0) is 11.0. The first kappa shape index (κ1) is 14.7. The van der Waals surface area contributed by atoms with Crippen molar-refractivity contribution in [3.63, 3.8) is 0 Å². The first-order chi connectivity index (χ1) is 6.21. The van der Waals surface area contributed by atoms with Crippen molar-refractivity contribution < 1.29 is 48.5 Å². The van der Waals surface area contributed by atoms with Crippen LogP contribution in [0, 0.1) is 0 Å². The molecule has 0 saturated heterocycles. The summed E-state index contributed by atoms with van der Waals surface area (Å²) in [5.74, 6) is 0. The molecule has 0 spiro atoms. The second-order valence-corrected chi connectivity index (χ2v) is 3.86. The van der Waals surface area contributed by atoms with Gasteiger partial charge in [-0.2, -0.15) is 13.2 Å². The van der Waals surface area contributed by atoms with Gasteiger partial charge in [-0.3, -0.25) is 0 Å². The predicted molar refractivity (Wildman–Crippen MR) is 39.4 cm³/mol. The molecule has 0 aliphatic rings. The summed E-state index contributed by atoms with van der Waals surface area (Å²) in [6.07, 6.45) is -4.54. The molecule has 0 N–H and O–H groups in total. The van der Waals surface area contributed by atoms with E-state index in [-0.39, 0.29) is 22.4 Å². The van der Waals surface area contributed by atoms with Crippen LogP contribution >= 0.6 is 0 Å². The Morgan fingerprint density at radius 1 is 1.07 bits per heavy atom. The molecule has 0 amide bonds. The molecule has 0 heterocycles. The minimum Gasteiger partial charge on any atom is -0.744 e. The standard InChI is InChI=1S/C7H5F3O3S.Ag/c8-7(9,10)5-1-3-6(4-2-5)14(11,12)13;/h1-4H,(H,11,12,13);/q;+1/p-1. The molecule has 0 fully saturated rings. The SMILES string of the molecule is O=S(=O)([O-])c1ccc(C(F)(F)F)cc1.[Ag+]. The van der Waals surface area contributed by atoms with Crippen molar-refractivity contribution in [1.29, 1.82) is 0 Å². The molecular formula is C7H4AgF3O3S. The van der Waals surface area contributed by atoms with E-state index in [9.17, 15) is 26.1 Å². The largest absolute Gasteiger partial charge is 1.00 e. The van der Waals surface area contributed by atoms with Crippen molar-refractivity contribution in [3.05, 3.63) is 29.8 Å². The van der Waals surface area contributed by atoms with Crippen molar-refractivity contribution in [2.24, 2.45) is 0 Å². The van der Waals surface area contributed by atoms with Crippen LogP contribution < -0.4 is 0 Å². The van der Waals surface area contributed by atoms with Gasteiger partial charge >= 0.3 is 28.6 Å². The van der Waals surface area contributed by atoms with Crippen molar-refractivity contribution >= 4 is 10.1 Å². The van der Waals surface area contributed by atoms with Crippen molar-refractivity contribution in [1.82, 2.24) is 0 Å². The third kappa shape index (κ3) is 3.96. The van der Waals surface area contributed by atoms with E-state index in [0.29, 0.717) is 24.3 Å². The van der Waals surface area contributed by atoms with Gasteiger partial charge in [0.1, 0.15) is 10.1 Å². The molecule has 0 bridgehead atoms. The maximum Gasteiger partial charge on any atom is 1.00 e. The van der Waals surface area contributed by atoms with Gasteiger partial charge in [-0.1, -0.05) is 0 Å². The Bertz CT molecular complexity index is 424. The van der Waals surface area contributed by atoms with E-state index in [1.54, 1.807) is 0 Å². The minimum absolute atomic E-state index is 0. The van der Waals surface area contributed by atoms with E-state index in [0.717, 1.165) is 0 Å². The second kappa shape index (κ2) is 4.67. The molecule has 0 saturated carbocycles. The van der Waals surface area contributed by atoms with E-state index in [2.05, 4.69) is 0 Å². The minimum atomic E-state index is -4.68. The summed E-state index contributed by atoms with van der Waals surface area (Å²) in [4.78, 5) is -0.675. The zero-order valence-corrected chi connectivity index (χ0v) is 9.18. The van der Waals surface area contributed by atoms with Crippen molar-refractivity contribution in [2.45, 2.75) is 11.1 Å². The second-order valence-electron chi connectivity index (χ2n) is 2.48. The first-order valence-electron chi connectivity index (χ1n) is 3.34. The number of alkyl halides is 3. The topological polar surface area (TPSA) is 57.2 Å². The smallest absolute Gasteiger partial charge is 0.744 e. The molecule has 1 aromatic carbocycles. The van der Waals surface area contributed by atoms with Crippen LogP contribution in [0.1, 0.15) is 5.56 Å². The monoisotopic (exact) mass is 332 g/mol. The van der Waals surface area contributed by atoms with Gasteiger partial charge in [-0.05, 0) is 24.3 Å². The van der Waals surface area contributed by atoms with Gasteiger partial charge in [-0.25, -0.2) is 8.42 Å². The summed E-state index contributed by atoms with van der Waals surface area (Å²) >= 11 is 0. The van der Waals surface area contributed by atoms with E-state index in [4.69, 9.17) is 0 Å². The maximum atomic E-state index is 12.0. The van der Waals surface area contributed by atoms with Gasteiger partial charge in [-0.15, -0.1) is 0 Å². The van der Waals surface area contributed by atoms with Gasteiger partial charge in [0, 0.05) is 0 Å². The van der Waals surface area contributed by atoms with E-state index in [1.165, 1.54) is 0 Å². The normalized spacial score (nSPS) is 12.0. The Kier molecular flexibility index (Phi) is 4.56. The zero-order valence-electron chi connectivity index (χ0n) is 6.88. The summed E-state index contributed by atoms with van der Waals surface area (Å²) in [5, 5.41) is 0. The van der Waals surface area contributed by atoms with Crippen LogP contribution in [0.2, 0.25) is 0 Å². The molecule has 3 nitrogen and oxygen atoms in total. The first-order valence-corrected chi connectivity index (χ1v) is 4.75. The van der Waals surface area contributed by atoms with Crippen LogP contribution in [0.3, 0.4) is 0 Å². The summed E-state index contributed by atoms with van der Waals surface area (Å²) in [6.45, 7) is 0. The fourth-order valence-corrected chi connectivity index (χ4v) is 1.28. The molecule has 1 aromatic rings. The molecular weight excluding hydrogens is 329 g/mol. The average molecular weight is 333 g/mol. The number of halogens is 3. The van der Waals surface area contributed by atoms with Crippen LogP contribution in [0.4, 0.5) is 13.2 Å². The van der Waals surface area contributed by atoms with Gasteiger partial charge in [0.15, 0.2) is 0 Å². The molecule has 0 radical (unpaired) electrons. The molecule has 0 atom stereocenters. The van der Waals surface area contributed by atoms with Crippen molar-refractivity contribution in [3.8, 4) is 0 Å². The van der Waals surface area contributed by atoms with E-state index < -0.39 is 26.8 Å². The molecule has 0 aliphatic carbocycles. The Balaban J connectivity index is 0.00000196. The Labute approximate surface area is 99.6 Å². The number of hydrogen-bond acceptors (Lipinski definition) is 3. The van der Waals surface area contributed by atoms with Crippen LogP contribution in [-0.2, 0) is 38.7 Å². The summed E-state index contributed by atoms with van der Waals surface area (Å²) < 4.78 is 67.0. The van der Waals surface area contributed by atoms with E-state index in [1.807, 2.05) is 0 Å². The quantitative estimate of drug-likeness (QED) is 0.580. The number of rotatable bonds is 1. The fourth-order valence-electron chi connectivity index (χ4n) is 0.811. The fraction of sp³-hybridized carbons (Fsp3) is 0.143. The number of hydrogen-bond donors (Lipinski definition) is 0. The van der Waals surface area contributed by atoms with Gasteiger partial charge < -0.3 is 4.55 Å². The number of benzene rings is 1. The van der Waals surface area contributed by atoms with Crippen LogP contribution in [0.15, 0.2) is 29.2 Å². The predicted octanol–water partition coefficient (Wildman–Crippen LogP) is 1.61. The molecule has 0 aliphatic heterocycles. The summed E-state index contributed by atoms with van der Waals surface area (Å²) in [5.41, 5.74) is -0.995. The molecule has 0 aromatic heterocycles. The third-order valence-electron chi connectivity index (χ3n) is 1.47. The molecule has 1 rings (SSSR count). The van der Waals surface area contributed by atoms with Crippen molar-refractivity contribution in [2.75, 3.05) is 0 Å². The molecule has 8 heteroatoms. The Morgan fingerprint density at radius 3 is 1.73 bits per heavy atom. The Morgan fingerprint density at radius 2 is 1.47 bits per heavy atom. The van der Waals surface area contributed by atoms with Crippen LogP contribution in [0.5, 0.6) is 0 Å². The van der Waals surface area contributed by atoms with E-state index >= 15 is 0 Å². The summed E-state index contributed by atoms with van der Waals surface area (Å²) in [7, 11) is -4.68. The maximum absolute atomic E-state index is 12.0. The summed E-state index contributed by atoms with van der Waals surface area (Å²) in [6, 6.07) is 2.35. The van der Waals surface area contributed by atoms with Gasteiger partial charge in [0.25, 0.3) is 0 Å². The molecule has 0 unspecified atom stereocenters. The van der Waals surface area contributed by atoms with Crippen LogP contribution in [-0.4, -0.2) is 13.0 Å². The van der Waals surface area contributed by atoms with Crippen LogP contribution in [0.25, 0.3) is 0 Å². The van der Waals surface area contributed by atoms with Gasteiger partial charge in [0.05, 0.1) is 10.5 Å². The molecule has 88 valence electrons. The van der Waals surface area contributed by atoms with Gasteiger partial charge in [0.2, 0.25) is 0 Å².